The molecule has 0 aliphatic rings. The van der Waals surface area contributed by atoms with Gasteiger partial charge in [0.1, 0.15) is 5.82 Å². The van der Waals surface area contributed by atoms with Gasteiger partial charge in [-0.2, -0.15) is 5.10 Å². The van der Waals surface area contributed by atoms with Crippen LogP contribution in [0.25, 0.3) is 0 Å². The standard InChI is InChI=1S/C14H16FN3O2/c1-14(20,11-4-3-5-12(15)6-11)13(19)16-7-10-8-17-18(2)9-10/h3-6,8-9,20H,7H2,1-2H3,(H,16,19)/t14-/m1/s1. The summed E-state index contributed by atoms with van der Waals surface area (Å²) in [7, 11) is 1.77. The van der Waals surface area contributed by atoms with Gasteiger partial charge in [-0.15, -0.1) is 0 Å². The van der Waals surface area contributed by atoms with Crippen molar-refractivity contribution in [1.82, 2.24) is 15.1 Å². The van der Waals surface area contributed by atoms with Gasteiger partial charge >= 0.3 is 0 Å². The number of benzene rings is 1. The highest BCUT2D eigenvalue weighted by Crippen LogP contribution is 2.21. The molecule has 1 aromatic heterocycles. The molecule has 0 bridgehead atoms. The smallest absolute Gasteiger partial charge is 0.256 e. The lowest BCUT2D eigenvalue weighted by Crippen LogP contribution is -2.41. The van der Waals surface area contributed by atoms with E-state index < -0.39 is 17.3 Å². The molecule has 106 valence electrons. The lowest BCUT2D eigenvalue weighted by molar-refractivity contribution is -0.139. The molecule has 1 amide bonds. The Hall–Kier alpha value is -2.21. The number of aryl methyl sites for hydroxylation is 1. The van der Waals surface area contributed by atoms with Crippen molar-refractivity contribution in [2.24, 2.45) is 7.05 Å². The highest BCUT2D eigenvalue weighted by molar-refractivity contribution is 5.85. The Bertz CT molecular complexity index is 622. The van der Waals surface area contributed by atoms with Gasteiger partial charge in [0.2, 0.25) is 0 Å². The van der Waals surface area contributed by atoms with Crippen LogP contribution in [-0.2, 0) is 24.0 Å². The van der Waals surface area contributed by atoms with Gasteiger partial charge in [0.15, 0.2) is 5.60 Å². The van der Waals surface area contributed by atoms with E-state index in [0.29, 0.717) is 0 Å². The van der Waals surface area contributed by atoms with Crippen LogP contribution in [0.4, 0.5) is 4.39 Å². The predicted octanol–water partition coefficient (Wildman–Crippen LogP) is 1.08. The Balaban J connectivity index is 2.07. The van der Waals surface area contributed by atoms with Crippen molar-refractivity contribution in [2.75, 3.05) is 0 Å². The number of aliphatic hydroxyl groups is 1. The van der Waals surface area contributed by atoms with Gasteiger partial charge in [0.25, 0.3) is 5.91 Å². The molecule has 2 N–H and O–H groups in total. The summed E-state index contributed by atoms with van der Waals surface area (Å²) >= 11 is 0. The molecule has 2 rings (SSSR count). The molecule has 1 heterocycles. The largest absolute Gasteiger partial charge is 0.376 e. The van der Waals surface area contributed by atoms with Crippen LogP contribution in [0.1, 0.15) is 18.1 Å². The van der Waals surface area contributed by atoms with E-state index in [1.165, 1.54) is 25.1 Å². The molecule has 0 aliphatic carbocycles. The molecule has 0 aliphatic heterocycles. The van der Waals surface area contributed by atoms with E-state index in [1.54, 1.807) is 24.1 Å². The van der Waals surface area contributed by atoms with Gasteiger partial charge in [0, 0.05) is 25.4 Å². The quantitative estimate of drug-likeness (QED) is 0.879. The van der Waals surface area contributed by atoms with Crippen molar-refractivity contribution in [1.29, 1.82) is 0 Å². The molecule has 2 aromatic rings. The summed E-state index contributed by atoms with van der Waals surface area (Å²) in [5.74, 6) is -1.09. The van der Waals surface area contributed by atoms with E-state index in [2.05, 4.69) is 10.4 Å². The van der Waals surface area contributed by atoms with E-state index >= 15 is 0 Å². The minimum atomic E-state index is -1.79. The zero-order valence-electron chi connectivity index (χ0n) is 11.3. The average molecular weight is 277 g/mol. The molecule has 1 aromatic carbocycles. The molecule has 0 spiro atoms. The monoisotopic (exact) mass is 277 g/mol. The normalized spacial score (nSPS) is 13.8. The zero-order valence-corrected chi connectivity index (χ0v) is 11.3. The number of carbonyl (C=O) groups is 1. The molecule has 0 fully saturated rings. The van der Waals surface area contributed by atoms with Crippen molar-refractivity contribution in [3.8, 4) is 0 Å². The van der Waals surface area contributed by atoms with Crippen molar-refractivity contribution in [2.45, 2.75) is 19.1 Å². The fraction of sp³-hybridized carbons (Fsp3) is 0.286. The molecule has 5 nitrogen and oxygen atoms in total. The molecule has 0 saturated carbocycles. The molecule has 0 saturated heterocycles. The number of carbonyl (C=O) groups excluding carboxylic acids is 1. The zero-order chi connectivity index (χ0) is 14.8. The van der Waals surface area contributed by atoms with Gasteiger partial charge < -0.3 is 10.4 Å². The van der Waals surface area contributed by atoms with Crippen LogP contribution in [0.3, 0.4) is 0 Å². The lowest BCUT2D eigenvalue weighted by atomic mass is 9.95. The van der Waals surface area contributed by atoms with Crippen LogP contribution >= 0.6 is 0 Å². The van der Waals surface area contributed by atoms with E-state index in [4.69, 9.17) is 0 Å². The fourth-order valence-electron chi connectivity index (χ4n) is 1.84. The Morgan fingerprint density at radius 1 is 1.55 bits per heavy atom. The second kappa shape index (κ2) is 5.42. The minimum absolute atomic E-state index is 0.209. The van der Waals surface area contributed by atoms with E-state index in [-0.39, 0.29) is 12.1 Å². The highest BCUT2D eigenvalue weighted by Gasteiger charge is 2.32. The fourth-order valence-corrected chi connectivity index (χ4v) is 1.84. The third-order valence-electron chi connectivity index (χ3n) is 3.04. The van der Waals surface area contributed by atoms with Crippen molar-refractivity contribution < 1.29 is 14.3 Å². The van der Waals surface area contributed by atoms with Crippen LogP contribution in [0.5, 0.6) is 0 Å². The number of nitrogens with one attached hydrogen (secondary N) is 1. The number of rotatable bonds is 4. The number of amides is 1. The minimum Gasteiger partial charge on any atom is -0.376 e. The van der Waals surface area contributed by atoms with Gasteiger partial charge in [0.05, 0.1) is 6.20 Å². The molecule has 0 unspecified atom stereocenters. The first kappa shape index (κ1) is 14.2. The second-order valence-electron chi connectivity index (χ2n) is 4.79. The molecule has 1 atom stereocenters. The Morgan fingerprint density at radius 2 is 2.30 bits per heavy atom. The first-order valence-corrected chi connectivity index (χ1v) is 6.14. The van der Waals surface area contributed by atoms with Crippen LogP contribution in [0, 0.1) is 5.82 Å². The second-order valence-corrected chi connectivity index (χ2v) is 4.79. The van der Waals surface area contributed by atoms with Gasteiger partial charge in [-0.25, -0.2) is 4.39 Å². The lowest BCUT2D eigenvalue weighted by Gasteiger charge is -2.22. The first-order valence-electron chi connectivity index (χ1n) is 6.14. The summed E-state index contributed by atoms with van der Waals surface area (Å²) in [5.41, 5.74) is -0.762. The van der Waals surface area contributed by atoms with Crippen molar-refractivity contribution >= 4 is 5.91 Å². The van der Waals surface area contributed by atoms with Crippen LogP contribution < -0.4 is 5.32 Å². The predicted molar refractivity (Wildman–Crippen MR) is 71.0 cm³/mol. The highest BCUT2D eigenvalue weighted by atomic mass is 19.1. The van der Waals surface area contributed by atoms with Crippen LogP contribution in [0.15, 0.2) is 36.7 Å². The van der Waals surface area contributed by atoms with Crippen molar-refractivity contribution in [3.05, 3.63) is 53.6 Å². The maximum Gasteiger partial charge on any atom is 0.256 e. The molecular weight excluding hydrogens is 261 g/mol. The number of hydrogen-bond acceptors (Lipinski definition) is 3. The van der Waals surface area contributed by atoms with Gasteiger partial charge in [-0.3, -0.25) is 9.48 Å². The summed E-state index contributed by atoms with van der Waals surface area (Å²) < 4.78 is 14.8. The van der Waals surface area contributed by atoms with Crippen molar-refractivity contribution in [3.63, 3.8) is 0 Å². The summed E-state index contributed by atoms with van der Waals surface area (Å²) in [4.78, 5) is 12.0. The molecule has 20 heavy (non-hydrogen) atoms. The number of aromatic nitrogens is 2. The molecular formula is C14H16FN3O2. The topological polar surface area (TPSA) is 67.2 Å². The van der Waals surface area contributed by atoms with Crippen LogP contribution in [-0.4, -0.2) is 20.8 Å². The molecule has 0 radical (unpaired) electrons. The SMILES string of the molecule is Cn1cc(CNC(=O)[C@](C)(O)c2cccc(F)c2)cn1. The third kappa shape index (κ3) is 3.03. The van der Waals surface area contributed by atoms with Gasteiger partial charge in [-0.1, -0.05) is 12.1 Å². The Morgan fingerprint density at radius 3 is 2.90 bits per heavy atom. The van der Waals surface area contributed by atoms with Gasteiger partial charge in [-0.05, 0) is 24.6 Å². The first-order chi connectivity index (χ1) is 9.39. The summed E-state index contributed by atoms with van der Waals surface area (Å²) in [6.45, 7) is 1.58. The van der Waals surface area contributed by atoms with Crippen LogP contribution in [0.2, 0.25) is 0 Å². The van der Waals surface area contributed by atoms with E-state index in [0.717, 1.165) is 11.6 Å². The van der Waals surface area contributed by atoms with E-state index in [1.807, 2.05) is 0 Å². The summed E-state index contributed by atoms with van der Waals surface area (Å²) in [6, 6.07) is 5.36. The Kier molecular flexibility index (Phi) is 3.85. The maximum atomic E-state index is 13.2. The number of halogens is 1. The maximum absolute atomic E-state index is 13.2. The third-order valence-corrected chi connectivity index (χ3v) is 3.04. The van der Waals surface area contributed by atoms with E-state index in [9.17, 15) is 14.3 Å². The summed E-state index contributed by atoms with van der Waals surface area (Å²) in [5, 5.41) is 16.8. The Labute approximate surface area is 116 Å². The number of nitrogens with zero attached hydrogens (tertiary/aromatic N) is 2. The average Bonchev–Trinajstić information content (AvgIpc) is 2.81. The summed E-state index contributed by atoms with van der Waals surface area (Å²) in [6.07, 6.45) is 3.38. The molecule has 6 heteroatoms. The number of hydrogen-bond donors (Lipinski definition) is 2.